The Hall–Kier alpha value is -0.160. The zero-order chi connectivity index (χ0) is 9.65. The van der Waals surface area contributed by atoms with Crippen LogP contribution in [0, 0.1) is 11.3 Å². The highest BCUT2D eigenvalue weighted by Gasteiger charge is 2.62. The maximum Gasteiger partial charge on any atom is 0.291 e. The van der Waals surface area contributed by atoms with E-state index < -0.39 is 5.97 Å². The molecule has 0 aromatic carbocycles. The fourth-order valence-corrected chi connectivity index (χ4v) is 2.58. The first-order chi connectivity index (χ1) is 6.80. The van der Waals surface area contributed by atoms with Crippen LogP contribution in [0.5, 0.6) is 0 Å². The van der Waals surface area contributed by atoms with E-state index in [0.29, 0.717) is 25.7 Å². The van der Waals surface area contributed by atoms with Gasteiger partial charge in [0.2, 0.25) is 0 Å². The second-order valence-electron chi connectivity index (χ2n) is 4.65. The predicted molar refractivity (Wildman–Crippen MR) is 47.4 cm³/mol. The zero-order valence-electron chi connectivity index (χ0n) is 8.20. The summed E-state index contributed by atoms with van der Waals surface area (Å²) in [6.45, 7) is 2.23. The number of hydrogen-bond donors (Lipinski definition) is 1. The van der Waals surface area contributed by atoms with Crippen LogP contribution >= 0.6 is 0 Å². The lowest BCUT2D eigenvalue weighted by Gasteiger charge is -2.57. The molecule has 14 heavy (non-hydrogen) atoms. The molecule has 0 aromatic rings. The Morgan fingerprint density at radius 1 is 1.07 bits per heavy atom. The number of aliphatic hydroxyl groups excluding tert-OH is 1. The third kappa shape index (κ3) is 0.972. The predicted octanol–water partition coefficient (Wildman–Crippen LogP) is 0.496. The van der Waals surface area contributed by atoms with Crippen LogP contribution in [0.25, 0.3) is 0 Å². The topological polar surface area (TPSA) is 47.9 Å². The molecule has 1 saturated carbocycles. The van der Waals surface area contributed by atoms with Crippen molar-refractivity contribution < 1.29 is 19.3 Å². The molecule has 4 fully saturated rings. The maximum atomic E-state index is 9.46. The summed E-state index contributed by atoms with van der Waals surface area (Å²) in [6, 6.07) is 0. The Labute approximate surface area is 83.1 Å². The van der Waals surface area contributed by atoms with Gasteiger partial charge in [-0.05, 0) is 12.8 Å². The second kappa shape index (κ2) is 2.92. The van der Waals surface area contributed by atoms with E-state index in [1.807, 2.05) is 0 Å². The molecule has 3 heterocycles. The molecule has 3 saturated heterocycles. The van der Waals surface area contributed by atoms with Crippen molar-refractivity contribution in [3.63, 3.8) is 0 Å². The zero-order valence-corrected chi connectivity index (χ0v) is 8.20. The van der Waals surface area contributed by atoms with E-state index in [1.54, 1.807) is 0 Å². The Bertz CT molecular complexity index is 209. The van der Waals surface area contributed by atoms with Gasteiger partial charge in [0.25, 0.3) is 5.97 Å². The number of aliphatic hydroxyl groups is 1. The standard InChI is InChI=1S/C10H16O4/c11-7-9(2-1-3-9)10-12-4-8(5-13-10)6-14-10/h8,11H,1-7H2. The maximum absolute atomic E-state index is 9.46. The van der Waals surface area contributed by atoms with Crippen molar-refractivity contribution in [3.8, 4) is 0 Å². The van der Waals surface area contributed by atoms with Crippen LogP contribution in [0.2, 0.25) is 0 Å². The molecule has 0 unspecified atom stereocenters. The highest BCUT2D eigenvalue weighted by atomic mass is 16.9. The summed E-state index contributed by atoms with van der Waals surface area (Å²) in [5, 5.41) is 9.46. The number of hydrogen-bond acceptors (Lipinski definition) is 4. The second-order valence-corrected chi connectivity index (χ2v) is 4.65. The molecule has 0 spiro atoms. The van der Waals surface area contributed by atoms with Crippen molar-refractivity contribution in [1.29, 1.82) is 0 Å². The van der Waals surface area contributed by atoms with Crippen molar-refractivity contribution in [3.05, 3.63) is 0 Å². The van der Waals surface area contributed by atoms with Crippen molar-refractivity contribution >= 4 is 0 Å². The number of fused-ring (bicyclic) bond motifs is 3. The summed E-state index contributed by atoms with van der Waals surface area (Å²) in [4.78, 5) is 0. The van der Waals surface area contributed by atoms with Crippen molar-refractivity contribution in [2.24, 2.45) is 11.3 Å². The molecule has 3 aliphatic heterocycles. The Morgan fingerprint density at radius 2 is 1.64 bits per heavy atom. The molecule has 4 rings (SSSR count). The molecule has 0 amide bonds. The third-order valence-corrected chi connectivity index (χ3v) is 3.79. The molecule has 4 heteroatoms. The lowest BCUT2D eigenvalue weighted by atomic mass is 9.66. The molecule has 0 radical (unpaired) electrons. The first-order valence-electron chi connectivity index (χ1n) is 5.33. The highest BCUT2D eigenvalue weighted by molar-refractivity contribution is 4.98. The van der Waals surface area contributed by atoms with E-state index >= 15 is 0 Å². The molecule has 80 valence electrons. The average Bonchev–Trinajstić information content (AvgIpc) is 2.19. The molecular formula is C10H16O4. The normalized spacial score (nSPS) is 44.8. The smallest absolute Gasteiger partial charge is 0.291 e. The fraction of sp³-hybridized carbons (Fsp3) is 1.00. The third-order valence-electron chi connectivity index (χ3n) is 3.79. The summed E-state index contributed by atoms with van der Waals surface area (Å²) in [5.74, 6) is -0.540. The Balaban J connectivity index is 1.86. The van der Waals surface area contributed by atoms with Crippen LogP contribution in [-0.4, -0.2) is 37.5 Å². The van der Waals surface area contributed by atoms with Gasteiger partial charge in [-0.1, -0.05) is 6.42 Å². The van der Waals surface area contributed by atoms with Gasteiger partial charge in [-0.15, -0.1) is 0 Å². The molecule has 0 aromatic heterocycles. The van der Waals surface area contributed by atoms with E-state index in [9.17, 15) is 5.11 Å². The Morgan fingerprint density at radius 3 is 2.00 bits per heavy atom. The van der Waals surface area contributed by atoms with Gasteiger partial charge in [-0.3, -0.25) is 0 Å². The minimum Gasteiger partial charge on any atom is -0.395 e. The molecule has 1 N–H and O–H groups in total. The lowest BCUT2D eigenvalue weighted by molar-refractivity contribution is -0.499. The summed E-state index contributed by atoms with van der Waals surface area (Å²) < 4.78 is 17.0. The lowest BCUT2D eigenvalue weighted by Crippen LogP contribution is -2.66. The SMILES string of the molecule is OCC1(C23OCC(CO2)CO3)CCC1. The van der Waals surface area contributed by atoms with E-state index in [-0.39, 0.29) is 12.0 Å². The van der Waals surface area contributed by atoms with Crippen LogP contribution in [0.1, 0.15) is 19.3 Å². The quantitative estimate of drug-likeness (QED) is 0.705. The molecule has 4 aliphatic rings. The Kier molecular flexibility index (Phi) is 1.89. The highest BCUT2D eigenvalue weighted by Crippen LogP contribution is 2.54. The van der Waals surface area contributed by atoms with Crippen molar-refractivity contribution in [2.75, 3.05) is 26.4 Å². The summed E-state index contributed by atoms with van der Waals surface area (Å²) >= 11 is 0. The van der Waals surface area contributed by atoms with Crippen LogP contribution in [-0.2, 0) is 14.2 Å². The first kappa shape index (κ1) is 9.09. The largest absolute Gasteiger partial charge is 0.395 e. The van der Waals surface area contributed by atoms with Gasteiger partial charge in [0.05, 0.1) is 31.8 Å². The van der Waals surface area contributed by atoms with Crippen LogP contribution in [0.4, 0.5) is 0 Å². The molecule has 2 bridgehead atoms. The van der Waals surface area contributed by atoms with Gasteiger partial charge in [0.1, 0.15) is 0 Å². The molecule has 1 aliphatic carbocycles. The van der Waals surface area contributed by atoms with Gasteiger partial charge in [-0.25, -0.2) is 0 Å². The van der Waals surface area contributed by atoms with E-state index in [2.05, 4.69) is 0 Å². The van der Waals surface area contributed by atoms with E-state index in [1.165, 1.54) is 0 Å². The van der Waals surface area contributed by atoms with Crippen LogP contribution in [0.3, 0.4) is 0 Å². The van der Waals surface area contributed by atoms with E-state index in [4.69, 9.17) is 14.2 Å². The first-order valence-corrected chi connectivity index (χ1v) is 5.33. The molecular weight excluding hydrogens is 184 g/mol. The van der Waals surface area contributed by atoms with Crippen molar-refractivity contribution in [1.82, 2.24) is 0 Å². The summed E-state index contributed by atoms with van der Waals surface area (Å²) in [5.41, 5.74) is -0.293. The minimum absolute atomic E-state index is 0.0949. The van der Waals surface area contributed by atoms with Gasteiger partial charge in [0.15, 0.2) is 0 Å². The summed E-state index contributed by atoms with van der Waals surface area (Å²) in [7, 11) is 0. The van der Waals surface area contributed by atoms with Crippen LogP contribution in [0.15, 0.2) is 0 Å². The van der Waals surface area contributed by atoms with Gasteiger partial charge in [-0.2, -0.15) is 0 Å². The van der Waals surface area contributed by atoms with Crippen LogP contribution < -0.4 is 0 Å². The molecule has 0 atom stereocenters. The molecule has 4 nitrogen and oxygen atoms in total. The summed E-state index contributed by atoms with van der Waals surface area (Å²) in [6.07, 6.45) is 3.00. The van der Waals surface area contributed by atoms with Gasteiger partial charge >= 0.3 is 0 Å². The van der Waals surface area contributed by atoms with Gasteiger partial charge < -0.3 is 19.3 Å². The van der Waals surface area contributed by atoms with Gasteiger partial charge in [0, 0.05) is 5.92 Å². The average molecular weight is 200 g/mol. The number of ether oxygens (including phenoxy) is 3. The monoisotopic (exact) mass is 200 g/mol. The minimum atomic E-state index is -0.922. The fourth-order valence-electron chi connectivity index (χ4n) is 2.58. The van der Waals surface area contributed by atoms with E-state index in [0.717, 1.165) is 19.3 Å². The number of rotatable bonds is 2. The van der Waals surface area contributed by atoms with Crippen molar-refractivity contribution in [2.45, 2.75) is 25.2 Å².